The van der Waals surface area contributed by atoms with Crippen LogP contribution in [-0.2, 0) is 13.1 Å². The normalized spacial score (nSPS) is 10.7. The summed E-state index contributed by atoms with van der Waals surface area (Å²) < 4.78 is 11.3. The molecule has 0 aliphatic carbocycles. The summed E-state index contributed by atoms with van der Waals surface area (Å²) >= 11 is 1.75. The van der Waals surface area contributed by atoms with Crippen molar-refractivity contribution in [1.29, 1.82) is 5.26 Å². The predicted molar refractivity (Wildman–Crippen MR) is 93.8 cm³/mol. The monoisotopic (exact) mass is 338 g/mol. The number of rotatable bonds is 8. The molecule has 0 unspecified atom stereocenters. The largest absolute Gasteiger partial charge is 0.492 e. The van der Waals surface area contributed by atoms with Gasteiger partial charge in [-0.25, -0.2) is 0 Å². The van der Waals surface area contributed by atoms with Crippen molar-refractivity contribution >= 4 is 11.3 Å². The van der Waals surface area contributed by atoms with Crippen molar-refractivity contribution in [3.05, 3.63) is 76.4 Å². The Labute approximate surface area is 145 Å². The molecular formula is C19H18N2O2S. The highest BCUT2D eigenvalue weighted by Gasteiger charge is 2.10. The summed E-state index contributed by atoms with van der Waals surface area (Å²) in [5, 5.41) is 11.0. The van der Waals surface area contributed by atoms with Crippen molar-refractivity contribution in [3.63, 3.8) is 0 Å². The van der Waals surface area contributed by atoms with Gasteiger partial charge in [-0.2, -0.15) is 5.26 Å². The number of hydrogen-bond donors (Lipinski definition) is 0. The summed E-state index contributed by atoms with van der Waals surface area (Å²) in [6, 6.07) is 17.5. The Morgan fingerprint density at radius 3 is 2.83 bits per heavy atom. The number of hydrogen-bond acceptors (Lipinski definition) is 5. The molecule has 0 amide bonds. The van der Waals surface area contributed by atoms with Crippen LogP contribution in [0.1, 0.15) is 16.2 Å². The minimum Gasteiger partial charge on any atom is -0.492 e. The minimum atomic E-state index is 0.557. The molecule has 2 heterocycles. The van der Waals surface area contributed by atoms with E-state index >= 15 is 0 Å². The van der Waals surface area contributed by atoms with Gasteiger partial charge in [0.05, 0.1) is 24.4 Å². The van der Waals surface area contributed by atoms with E-state index in [0.29, 0.717) is 12.2 Å². The molecule has 0 fully saturated rings. The number of benzene rings is 1. The molecule has 122 valence electrons. The molecule has 2 aromatic heterocycles. The molecule has 0 N–H and O–H groups in total. The Bertz CT molecular complexity index is 740. The van der Waals surface area contributed by atoms with E-state index in [1.807, 2.05) is 24.3 Å². The van der Waals surface area contributed by atoms with E-state index in [1.165, 1.54) is 4.88 Å². The Hall–Kier alpha value is -2.55. The molecule has 0 aliphatic rings. The van der Waals surface area contributed by atoms with Gasteiger partial charge in [0.1, 0.15) is 18.1 Å². The van der Waals surface area contributed by atoms with Gasteiger partial charge in [-0.15, -0.1) is 11.3 Å². The van der Waals surface area contributed by atoms with Crippen LogP contribution < -0.4 is 4.74 Å². The van der Waals surface area contributed by atoms with Crippen LogP contribution in [0.2, 0.25) is 0 Å². The third-order valence-electron chi connectivity index (χ3n) is 3.56. The molecule has 0 saturated heterocycles. The van der Waals surface area contributed by atoms with Crippen LogP contribution in [0.3, 0.4) is 0 Å². The summed E-state index contributed by atoms with van der Waals surface area (Å²) in [6.07, 6.45) is 1.70. The zero-order chi connectivity index (χ0) is 16.6. The van der Waals surface area contributed by atoms with Gasteiger partial charge in [-0.3, -0.25) is 4.90 Å². The molecule has 0 aliphatic heterocycles. The maximum atomic E-state index is 8.94. The molecule has 0 atom stereocenters. The maximum Gasteiger partial charge on any atom is 0.120 e. The van der Waals surface area contributed by atoms with Crippen molar-refractivity contribution in [2.24, 2.45) is 0 Å². The first-order valence-corrected chi connectivity index (χ1v) is 8.61. The summed E-state index contributed by atoms with van der Waals surface area (Å²) in [7, 11) is 0. The quantitative estimate of drug-likeness (QED) is 0.614. The van der Waals surface area contributed by atoms with E-state index in [1.54, 1.807) is 29.7 Å². The molecule has 24 heavy (non-hydrogen) atoms. The smallest absolute Gasteiger partial charge is 0.120 e. The van der Waals surface area contributed by atoms with Crippen molar-refractivity contribution in [2.75, 3.05) is 13.2 Å². The molecule has 0 spiro atoms. The highest BCUT2D eigenvalue weighted by atomic mass is 32.1. The van der Waals surface area contributed by atoms with Gasteiger partial charge in [0.15, 0.2) is 0 Å². The molecule has 5 heteroatoms. The number of thiophene rings is 1. The van der Waals surface area contributed by atoms with Gasteiger partial charge in [0.25, 0.3) is 0 Å². The molecule has 4 nitrogen and oxygen atoms in total. The van der Waals surface area contributed by atoms with Gasteiger partial charge in [0.2, 0.25) is 0 Å². The van der Waals surface area contributed by atoms with Crippen molar-refractivity contribution < 1.29 is 9.15 Å². The predicted octanol–water partition coefficient (Wildman–Crippen LogP) is 4.29. The molecule has 3 aromatic rings. The zero-order valence-corrected chi connectivity index (χ0v) is 14.0. The minimum absolute atomic E-state index is 0.557. The average molecular weight is 338 g/mol. The second kappa shape index (κ2) is 8.34. The van der Waals surface area contributed by atoms with Crippen LogP contribution in [0.15, 0.2) is 64.6 Å². The summed E-state index contributed by atoms with van der Waals surface area (Å²) in [4.78, 5) is 3.60. The van der Waals surface area contributed by atoms with E-state index < -0.39 is 0 Å². The number of furan rings is 1. The lowest BCUT2D eigenvalue weighted by Gasteiger charge is -2.20. The van der Waals surface area contributed by atoms with E-state index in [2.05, 4.69) is 28.5 Å². The maximum absolute atomic E-state index is 8.94. The van der Waals surface area contributed by atoms with Crippen LogP contribution in [0.4, 0.5) is 0 Å². The van der Waals surface area contributed by atoms with Crippen molar-refractivity contribution in [2.45, 2.75) is 13.1 Å². The molecular weight excluding hydrogens is 320 g/mol. The van der Waals surface area contributed by atoms with Gasteiger partial charge in [-0.05, 0) is 41.8 Å². The fraction of sp³-hybridized carbons (Fsp3) is 0.211. The van der Waals surface area contributed by atoms with Crippen molar-refractivity contribution in [1.82, 2.24) is 4.90 Å². The number of nitrogens with zero attached hydrogens (tertiary/aromatic N) is 2. The Morgan fingerprint density at radius 2 is 2.08 bits per heavy atom. The molecule has 0 radical (unpaired) electrons. The second-order valence-electron chi connectivity index (χ2n) is 5.36. The first-order valence-electron chi connectivity index (χ1n) is 7.73. The Balaban J connectivity index is 1.57. The highest BCUT2D eigenvalue weighted by molar-refractivity contribution is 7.09. The summed E-state index contributed by atoms with van der Waals surface area (Å²) in [6.45, 7) is 2.93. The summed E-state index contributed by atoms with van der Waals surface area (Å²) in [5.41, 5.74) is 0.610. The molecule has 0 saturated carbocycles. The highest BCUT2D eigenvalue weighted by Crippen LogP contribution is 2.16. The van der Waals surface area contributed by atoms with E-state index in [4.69, 9.17) is 14.4 Å². The molecule has 0 bridgehead atoms. The van der Waals surface area contributed by atoms with Gasteiger partial charge >= 0.3 is 0 Å². The number of ether oxygens (including phenoxy) is 1. The van der Waals surface area contributed by atoms with E-state index in [-0.39, 0.29) is 0 Å². The fourth-order valence-corrected chi connectivity index (χ4v) is 3.15. The third-order valence-corrected chi connectivity index (χ3v) is 4.42. The lowest BCUT2D eigenvalue weighted by molar-refractivity contribution is 0.186. The van der Waals surface area contributed by atoms with Crippen LogP contribution in [0, 0.1) is 11.3 Å². The number of nitriles is 1. The van der Waals surface area contributed by atoms with Gasteiger partial charge in [0, 0.05) is 18.0 Å². The zero-order valence-electron chi connectivity index (χ0n) is 13.2. The summed E-state index contributed by atoms with van der Waals surface area (Å²) in [5.74, 6) is 1.67. The Kier molecular flexibility index (Phi) is 5.67. The fourth-order valence-electron chi connectivity index (χ4n) is 2.41. The lowest BCUT2D eigenvalue weighted by Crippen LogP contribution is -2.27. The molecule has 1 aromatic carbocycles. The first-order chi connectivity index (χ1) is 11.8. The standard InChI is InChI=1S/C19H18N2O2S/c20-13-16-4-1-5-17(12-16)23-10-8-21(14-18-6-2-9-22-18)15-19-7-3-11-24-19/h1-7,9,11-12H,8,10,14-15H2. The van der Waals surface area contributed by atoms with E-state index in [0.717, 1.165) is 31.1 Å². The second-order valence-corrected chi connectivity index (χ2v) is 6.39. The average Bonchev–Trinajstić information content (AvgIpc) is 3.29. The van der Waals surface area contributed by atoms with E-state index in [9.17, 15) is 0 Å². The molecule has 3 rings (SSSR count). The van der Waals surface area contributed by atoms with Gasteiger partial charge < -0.3 is 9.15 Å². The van der Waals surface area contributed by atoms with Crippen LogP contribution in [0.25, 0.3) is 0 Å². The van der Waals surface area contributed by atoms with Crippen LogP contribution in [-0.4, -0.2) is 18.1 Å². The third kappa shape index (κ3) is 4.72. The Morgan fingerprint density at radius 1 is 1.12 bits per heavy atom. The van der Waals surface area contributed by atoms with Crippen LogP contribution >= 0.6 is 11.3 Å². The van der Waals surface area contributed by atoms with Gasteiger partial charge in [-0.1, -0.05) is 12.1 Å². The lowest BCUT2D eigenvalue weighted by atomic mass is 10.2. The topological polar surface area (TPSA) is 49.4 Å². The SMILES string of the molecule is N#Cc1cccc(OCCN(Cc2ccco2)Cc2cccs2)c1. The van der Waals surface area contributed by atoms with Crippen molar-refractivity contribution in [3.8, 4) is 11.8 Å². The first kappa shape index (κ1) is 16.3. The van der Waals surface area contributed by atoms with Crippen LogP contribution in [0.5, 0.6) is 5.75 Å².